The van der Waals surface area contributed by atoms with Crippen LogP contribution in [0.25, 0.3) is 0 Å². The van der Waals surface area contributed by atoms with E-state index in [1.165, 1.54) is 23.1 Å². The van der Waals surface area contributed by atoms with Gasteiger partial charge in [-0.15, -0.1) is 0 Å². The summed E-state index contributed by atoms with van der Waals surface area (Å²) in [5.74, 6) is -0.961. The van der Waals surface area contributed by atoms with E-state index in [1.54, 1.807) is 67.6 Å². The maximum Gasteiger partial charge on any atom is 0.264 e. The number of benzene rings is 3. The van der Waals surface area contributed by atoms with E-state index in [1.807, 2.05) is 6.92 Å². The minimum atomic E-state index is -4.19. The third-order valence-corrected chi connectivity index (χ3v) is 9.25. The molecule has 3 aromatic rings. The van der Waals surface area contributed by atoms with Crippen LogP contribution < -0.4 is 14.4 Å². The van der Waals surface area contributed by atoms with Crippen molar-refractivity contribution >= 4 is 27.5 Å². The van der Waals surface area contributed by atoms with Gasteiger partial charge in [0.25, 0.3) is 10.0 Å². The van der Waals surface area contributed by atoms with Crippen molar-refractivity contribution < 1.29 is 27.1 Å². The molecule has 1 N–H and O–H groups in total. The summed E-state index contributed by atoms with van der Waals surface area (Å²) in [5, 5.41) is 3.04. The molecule has 0 radical (unpaired) electrons. The third kappa shape index (κ3) is 7.67. The molecule has 2 amide bonds. The molecule has 1 atom stereocenters. The van der Waals surface area contributed by atoms with Crippen molar-refractivity contribution in [3.05, 3.63) is 90.2 Å². The second-order valence-electron chi connectivity index (χ2n) is 10.4. The van der Waals surface area contributed by atoms with Crippen molar-refractivity contribution in [1.82, 2.24) is 10.2 Å². The molecule has 8 nitrogen and oxygen atoms in total. The fraction of sp³-hybridized carbons (Fsp3) is 0.375. The second kappa shape index (κ2) is 14.3. The van der Waals surface area contributed by atoms with Crippen molar-refractivity contribution in [3.8, 4) is 5.75 Å². The summed E-state index contributed by atoms with van der Waals surface area (Å²) in [7, 11) is -4.19. The second-order valence-corrected chi connectivity index (χ2v) is 12.2. The number of rotatable bonds is 12. The van der Waals surface area contributed by atoms with Crippen LogP contribution in [0.1, 0.15) is 51.5 Å². The Balaban J connectivity index is 1.67. The lowest BCUT2D eigenvalue weighted by Crippen LogP contribution is -2.53. The number of nitrogens with zero attached hydrogens (tertiary/aromatic N) is 2. The van der Waals surface area contributed by atoms with Gasteiger partial charge in [-0.25, -0.2) is 12.8 Å². The quantitative estimate of drug-likeness (QED) is 0.307. The van der Waals surface area contributed by atoms with Crippen LogP contribution in [0, 0.1) is 5.82 Å². The summed E-state index contributed by atoms with van der Waals surface area (Å²) in [5.41, 5.74) is 0.475. The standard InChI is InChI=1S/C32H38FN3O5S/c1-3-41-28-20-18-27(19-21-28)36(42(39,40)29-15-8-5-9-16-29)23-31(37)35(22-25-12-10-11-17-30(25)33)24(2)32(38)34-26-13-6-4-7-14-26/h5,8-12,15-21,24,26H,3-4,6-7,13-14,22-23H2,1-2H3,(H,34,38)/t24-/m1/s1. The first kappa shape index (κ1) is 31.0. The highest BCUT2D eigenvalue weighted by atomic mass is 32.2. The largest absolute Gasteiger partial charge is 0.494 e. The number of anilines is 1. The average Bonchev–Trinajstić information content (AvgIpc) is 3.00. The van der Waals surface area contributed by atoms with E-state index in [0.717, 1.165) is 36.4 Å². The Kier molecular flexibility index (Phi) is 10.6. The number of halogens is 1. The van der Waals surface area contributed by atoms with Gasteiger partial charge in [-0.05, 0) is 69.2 Å². The zero-order valence-corrected chi connectivity index (χ0v) is 24.9. The summed E-state index contributed by atoms with van der Waals surface area (Å²) in [6.07, 6.45) is 4.88. The van der Waals surface area contributed by atoms with Gasteiger partial charge in [0.1, 0.15) is 24.2 Å². The Bertz CT molecular complexity index is 1440. The van der Waals surface area contributed by atoms with E-state index in [4.69, 9.17) is 4.74 Å². The molecule has 0 unspecified atom stereocenters. The molecule has 0 aromatic heterocycles. The molecule has 4 rings (SSSR count). The van der Waals surface area contributed by atoms with Gasteiger partial charge in [0.05, 0.1) is 17.2 Å². The molecular formula is C32H38FN3O5S. The lowest BCUT2D eigenvalue weighted by molar-refractivity contribution is -0.139. The van der Waals surface area contributed by atoms with Crippen LogP contribution in [0.3, 0.4) is 0 Å². The number of nitrogens with one attached hydrogen (secondary N) is 1. The van der Waals surface area contributed by atoms with Crippen molar-refractivity contribution in [2.24, 2.45) is 0 Å². The monoisotopic (exact) mass is 595 g/mol. The van der Waals surface area contributed by atoms with Gasteiger partial charge < -0.3 is 15.0 Å². The first-order valence-electron chi connectivity index (χ1n) is 14.3. The Morgan fingerprint density at radius 2 is 1.60 bits per heavy atom. The Morgan fingerprint density at radius 3 is 2.24 bits per heavy atom. The van der Waals surface area contributed by atoms with Crippen LogP contribution in [0.4, 0.5) is 10.1 Å². The fourth-order valence-corrected chi connectivity index (χ4v) is 6.52. The first-order chi connectivity index (χ1) is 20.2. The maximum atomic E-state index is 14.7. The molecule has 42 heavy (non-hydrogen) atoms. The molecule has 1 aliphatic carbocycles. The van der Waals surface area contributed by atoms with Crippen molar-refractivity contribution in [2.75, 3.05) is 17.5 Å². The number of carbonyl (C=O) groups is 2. The van der Waals surface area contributed by atoms with Gasteiger partial charge in [0.2, 0.25) is 11.8 Å². The number of ether oxygens (including phenoxy) is 1. The van der Waals surface area contributed by atoms with Gasteiger partial charge in [-0.1, -0.05) is 55.7 Å². The number of amides is 2. The van der Waals surface area contributed by atoms with Crippen LogP contribution >= 0.6 is 0 Å². The third-order valence-electron chi connectivity index (χ3n) is 7.46. The minimum Gasteiger partial charge on any atom is -0.494 e. The Morgan fingerprint density at radius 1 is 0.952 bits per heavy atom. The van der Waals surface area contributed by atoms with Gasteiger partial charge in [0, 0.05) is 18.2 Å². The molecular weight excluding hydrogens is 557 g/mol. The normalized spacial score (nSPS) is 14.5. The predicted molar refractivity (Wildman–Crippen MR) is 160 cm³/mol. The van der Waals surface area contributed by atoms with E-state index in [9.17, 15) is 22.4 Å². The van der Waals surface area contributed by atoms with Crippen LogP contribution in [0.15, 0.2) is 83.8 Å². The minimum absolute atomic E-state index is 0.00966. The summed E-state index contributed by atoms with van der Waals surface area (Å²) in [6.45, 7) is 3.07. The molecule has 3 aromatic carbocycles. The first-order valence-corrected chi connectivity index (χ1v) is 15.8. The van der Waals surface area contributed by atoms with E-state index in [-0.39, 0.29) is 34.6 Å². The fourth-order valence-electron chi connectivity index (χ4n) is 5.09. The van der Waals surface area contributed by atoms with Gasteiger partial charge in [-0.3, -0.25) is 13.9 Å². The lowest BCUT2D eigenvalue weighted by Gasteiger charge is -2.33. The van der Waals surface area contributed by atoms with Gasteiger partial charge in [-0.2, -0.15) is 0 Å². The van der Waals surface area contributed by atoms with E-state index >= 15 is 0 Å². The molecule has 1 saturated carbocycles. The summed E-state index contributed by atoms with van der Waals surface area (Å²) in [4.78, 5) is 28.6. The van der Waals surface area contributed by atoms with Crippen LogP contribution in [0.5, 0.6) is 5.75 Å². The highest BCUT2D eigenvalue weighted by Gasteiger charge is 2.33. The van der Waals surface area contributed by atoms with E-state index in [2.05, 4.69) is 5.32 Å². The Labute approximate surface area is 247 Å². The van der Waals surface area contributed by atoms with Gasteiger partial charge in [0.15, 0.2) is 0 Å². The summed E-state index contributed by atoms with van der Waals surface area (Å²) < 4.78 is 49.0. The average molecular weight is 596 g/mol. The summed E-state index contributed by atoms with van der Waals surface area (Å²) >= 11 is 0. The van der Waals surface area contributed by atoms with Crippen molar-refractivity contribution in [3.63, 3.8) is 0 Å². The number of carbonyl (C=O) groups excluding carboxylic acids is 2. The molecule has 0 bridgehead atoms. The highest BCUT2D eigenvalue weighted by Crippen LogP contribution is 2.27. The zero-order chi connectivity index (χ0) is 30.1. The van der Waals surface area contributed by atoms with Gasteiger partial charge >= 0.3 is 0 Å². The van der Waals surface area contributed by atoms with E-state index < -0.39 is 34.3 Å². The van der Waals surface area contributed by atoms with Crippen molar-refractivity contribution in [1.29, 1.82) is 0 Å². The highest BCUT2D eigenvalue weighted by molar-refractivity contribution is 7.92. The number of hydrogen-bond donors (Lipinski definition) is 1. The SMILES string of the molecule is CCOc1ccc(N(CC(=O)N(Cc2ccccc2F)[C@H](C)C(=O)NC2CCCCC2)S(=O)(=O)c2ccccc2)cc1. The molecule has 224 valence electrons. The maximum absolute atomic E-state index is 14.7. The van der Waals surface area contributed by atoms with Crippen LogP contribution in [-0.4, -0.2) is 50.4 Å². The molecule has 0 aliphatic heterocycles. The number of hydrogen-bond acceptors (Lipinski definition) is 5. The Hall–Kier alpha value is -3.92. The number of sulfonamides is 1. The predicted octanol–water partition coefficient (Wildman–Crippen LogP) is 5.29. The molecule has 10 heteroatoms. The van der Waals surface area contributed by atoms with Crippen molar-refractivity contribution in [2.45, 2.75) is 69.5 Å². The molecule has 1 fully saturated rings. The topological polar surface area (TPSA) is 96.0 Å². The molecule has 0 spiro atoms. The van der Waals surface area contributed by atoms with Crippen LogP contribution in [0.2, 0.25) is 0 Å². The summed E-state index contributed by atoms with van der Waals surface area (Å²) in [6, 6.07) is 19.3. The van der Waals surface area contributed by atoms with E-state index in [0.29, 0.717) is 12.4 Å². The molecule has 0 heterocycles. The lowest BCUT2D eigenvalue weighted by atomic mass is 9.95. The van der Waals surface area contributed by atoms with Crippen LogP contribution in [-0.2, 0) is 26.2 Å². The molecule has 0 saturated heterocycles. The molecule has 1 aliphatic rings. The smallest absolute Gasteiger partial charge is 0.264 e. The zero-order valence-electron chi connectivity index (χ0n) is 24.0.